The summed E-state index contributed by atoms with van der Waals surface area (Å²) in [5.41, 5.74) is -0.0507. The lowest BCUT2D eigenvalue weighted by Crippen LogP contribution is -2.07. The summed E-state index contributed by atoms with van der Waals surface area (Å²) in [4.78, 5) is 18.5. The SMILES string of the molecule is O=C(O)c1cc(Cl)nc(Cc2c(F)cccc2Cl)n1. The van der Waals surface area contributed by atoms with Gasteiger partial charge in [0.2, 0.25) is 0 Å². The molecule has 0 unspecified atom stereocenters. The maximum absolute atomic E-state index is 13.6. The van der Waals surface area contributed by atoms with Gasteiger partial charge in [-0.1, -0.05) is 29.3 Å². The molecule has 1 aromatic heterocycles. The first-order valence-corrected chi connectivity index (χ1v) is 5.92. The van der Waals surface area contributed by atoms with E-state index in [2.05, 4.69) is 9.97 Å². The number of benzene rings is 1. The lowest BCUT2D eigenvalue weighted by atomic mass is 10.1. The van der Waals surface area contributed by atoms with Crippen LogP contribution in [0, 0.1) is 5.82 Å². The minimum atomic E-state index is -1.23. The van der Waals surface area contributed by atoms with E-state index in [1.165, 1.54) is 18.2 Å². The normalized spacial score (nSPS) is 10.5. The summed E-state index contributed by atoms with van der Waals surface area (Å²) in [6.45, 7) is 0. The molecule has 0 spiro atoms. The second kappa shape index (κ2) is 5.50. The van der Waals surface area contributed by atoms with Crippen molar-refractivity contribution < 1.29 is 14.3 Å². The number of carboxylic acids is 1. The average molecular weight is 301 g/mol. The van der Waals surface area contributed by atoms with Crippen LogP contribution in [0.15, 0.2) is 24.3 Å². The van der Waals surface area contributed by atoms with Crippen LogP contribution >= 0.6 is 23.2 Å². The predicted molar refractivity (Wildman–Crippen MR) is 68.2 cm³/mol. The quantitative estimate of drug-likeness (QED) is 0.884. The largest absolute Gasteiger partial charge is 0.477 e. The van der Waals surface area contributed by atoms with Gasteiger partial charge in [0.1, 0.15) is 16.8 Å². The molecule has 0 amide bonds. The van der Waals surface area contributed by atoms with Gasteiger partial charge in [0.25, 0.3) is 0 Å². The molecule has 1 heterocycles. The van der Waals surface area contributed by atoms with Gasteiger partial charge < -0.3 is 5.11 Å². The van der Waals surface area contributed by atoms with Crippen molar-refractivity contribution in [3.05, 3.63) is 57.3 Å². The highest BCUT2D eigenvalue weighted by molar-refractivity contribution is 6.31. The van der Waals surface area contributed by atoms with Crippen LogP contribution in [-0.4, -0.2) is 21.0 Å². The molecule has 2 rings (SSSR count). The Hall–Kier alpha value is -1.72. The minimum absolute atomic E-state index is 0.0186. The molecule has 0 bridgehead atoms. The van der Waals surface area contributed by atoms with Crippen LogP contribution in [0.1, 0.15) is 21.9 Å². The number of hydrogen-bond donors (Lipinski definition) is 1. The second-order valence-corrected chi connectivity index (χ2v) is 4.47. The number of hydrogen-bond acceptors (Lipinski definition) is 3. The van der Waals surface area contributed by atoms with Gasteiger partial charge in [-0.25, -0.2) is 19.2 Å². The zero-order valence-corrected chi connectivity index (χ0v) is 10.9. The molecule has 2 aromatic rings. The predicted octanol–water partition coefficient (Wildman–Crippen LogP) is 3.21. The molecular formula is C12H7Cl2FN2O2. The van der Waals surface area contributed by atoms with E-state index >= 15 is 0 Å². The van der Waals surface area contributed by atoms with Gasteiger partial charge in [0.15, 0.2) is 5.69 Å². The van der Waals surface area contributed by atoms with Gasteiger partial charge in [-0.3, -0.25) is 0 Å². The van der Waals surface area contributed by atoms with E-state index in [0.29, 0.717) is 0 Å². The fourth-order valence-corrected chi connectivity index (χ4v) is 1.94. The van der Waals surface area contributed by atoms with Crippen molar-refractivity contribution in [2.75, 3.05) is 0 Å². The van der Waals surface area contributed by atoms with E-state index in [-0.39, 0.29) is 33.7 Å². The fraction of sp³-hybridized carbons (Fsp3) is 0.0833. The number of nitrogens with zero attached hydrogens (tertiary/aromatic N) is 2. The van der Waals surface area contributed by atoms with Crippen LogP contribution in [0.5, 0.6) is 0 Å². The monoisotopic (exact) mass is 300 g/mol. The Morgan fingerprint density at radius 3 is 2.68 bits per heavy atom. The summed E-state index contributed by atoms with van der Waals surface area (Å²) in [7, 11) is 0. The highest BCUT2D eigenvalue weighted by atomic mass is 35.5. The Morgan fingerprint density at radius 1 is 1.32 bits per heavy atom. The summed E-state index contributed by atoms with van der Waals surface area (Å²) in [5, 5.41) is 9.06. The average Bonchev–Trinajstić information content (AvgIpc) is 2.33. The Bertz CT molecular complexity index is 629. The molecular weight excluding hydrogens is 294 g/mol. The summed E-state index contributed by atoms with van der Waals surface area (Å²) in [6.07, 6.45) is -0.0354. The maximum atomic E-state index is 13.6. The molecule has 0 aliphatic rings. The standard InChI is InChI=1S/C12H7Cl2FN2O2/c13-7-2-1-3-8(15)6(7)4-11-16-9(12(18)19)5-10(14)17-11/h1-3,5H,4H2,(H,18,19). The Balaban J connectivity index is 2.41. The fourth-order valence-electron chi connectivity index (χ4n) is 1.51. The number of carboxylic acid groups (broad SMARTS) is 1. The number of carbonyl (C=O) groups is 1. The molecule has 0 aliphatic heterocycles. The number of rotatable bonds is 3. The Labute approximate surface area is 117 Å². The van der Waals surface area contributed by atoms with E-state index in [1.54, 1.807) is 0 Å². The summed E-state index contributed by atoms with van der Waals surface area (Å²) in [6, 6.07) is 5.38. The van der Waals surface area contributed by atoms with Crippen molar-refractivity contribution in [1.82, 2.24) is 9.97 Å². The maximum Gasteiger partial charge on any atom is 0.354 e. The third-order valence-electron chi connectivity index (χ3n) is 2.36. The van der Waals surface area contributed by atoms with Crippen LogP contribution in [0.3, 0.4) is 0 Å². The third-order valence-corrected chi connectivity index (χ3v) is 2.90. The van der Waals surface area contributed by atoms with E-state index < -0.39 is 11.8 Å². The highest BCUT2D eigenvalue weighted by Crippen LogP contribution is 2.21. The van der Waals surface area contributed by atoms with Gasteiger partial charge in [-0.15, -0.1) is 0 Å². The van der Waals surface area contributed by atoms with Crippen molar-refractivity contribution in [2.24, 2.45) is 0 Å². The molecule has 0 atom stereocenters. The summed E-state index contributed by atoms with van der Waals surface area (Å²) < 4.78 is 13.6. The number of aromatic carboxylic acids is 1. The minimum Gasteiger partial charge on any atom is -0.477 e. The molecule has 0 radical (unpaired) electrons. The first-order valence-electron chi connectivity index (χ1n) is 5.17. The van der Waals surface area contributed by atoms with E-state index in [1.807, 2.05) is 0 Å². The van der Waals surface area contributed by atoms with Gasteiger partial charge in [-0.05, 0) is 12.1 Å². The molecule has 19 heavy (non-hydrogen) atoms. The van der Waals surface area contributed by atoms with Crippen molar-refractivity contribution in [3.8, 4) is 0 Å². The van der Waals surface area contributed by atoms with E-state index in [4.69, 9.17) is 28.3 Å². The van der Waals surface area contributed by atoms with Crippen molar-refractivity contribution >= 4 is 29.2 Å². The topological polar surface area (TPSA) is 63.1 Å². The van der Waals surface area contributed by atoms with Gasteiger partial charge in [-0.2, -0.15) is 0 Å². The Kier molecular flexibility index (Phi) is 3.97. The second-order valence-electron chi connectivity index (χ2n) is 3.67. The first-order chi connectivity index (χ1) is 8.97. The molecule has 7 heteroatoms. The summed E-state index contributed by atoms with van der Waals surface area (Å²) >= 11 is 11.6. The molecule has 0 aliphatic carbocycles. The van der Waals surface area contributed by atoms with Gasteiger partial charge in [0.05, 0.1) is 0 Å². The van der Waals surface area contributed by atoms with Crippen LogP contribution < -0.4 is 0 Å². The zero-order chi connectivity index (χ0) is 14.0. The van der Waals surface area contributed by atoms with Gasteiger partial charge in [0, 0.05) is 23.1 Å². The van der Waals surface area contributed by atoms with Crippen molar-refractivity contribution in [2.45, 2.75) is 6.42 Å². The van der Waals surface area contributed by atoms with E-state index in [0.717, 1.165) is 6.07 Å². The van der Waals surface area contributed by atoms with Crippen molar-refractivity contribution in [3.63, 3.8) is 0 Å². The molecule has 98 valence electrons. The van der Waals surface area contributed by atoms with Crippen LogP contribution in [-0.2, 0) is 6.42 Å². The smallest absolute Gasteiger partial charge is 0.354 e. The molecule has 1 N–H and O–H groups in total. The van der Waals surface area contributed by atoms with Crippen molar-refractivity contribution in [1.29, 1.82) is 0 Å². The number of aromatic nitrogens is 2. The van der Waals surface area contributed by atoms with Crippen LogP contribution in [0.2, 0.25) is 10.2 Å². The lowest BCUT2D eigenvalue weighted by Gasteiger charge is -2.06. The summed E-state index contributed by atoms with van der Waals surface area (Å²) in [5.74, 6) is -1.64. The van der Waals surface area contributed by atoms with Crippen LogP contribution in [0.25, 0.3) is 0 Å². The highest BCUT2D eigenvalue weighted by Gasteiger charge is 2.13. The lowest BCUT2D eigenvalue weighted by molar-refractivity contribution is 0.0690. The first kappa shape index (κ1) is 13.7. The zero-order valence-electron chi connectivity index (χ0n) is 9.40. The molecule has 0 fully saturated rings. The van der Waals surface area contributed by atoms with E-state index in [9.17, 15) is 9.18 Å². The Morgan fingerprint density at radius 2 is 2.05 bits per heavy atom. The molecule has 0 saturated carbocycles. The molecule has 0 saturated heterocycles. The third kappa shape index (κ3) is 3.19. The molecule has 4 nitrogen and oxygen atoms in total. The van der Waals surface area contributed by atoms with Crippen LogP contribution in [0.4, 0.5) is 4.39 Å². The van der Waals surface area contributed by atoms with Gasteiger partial charge >= 0.3 is 5.97 Å². The number of halogens is 3. The molecule has 1 aromatic carbocycles.